The maximum absolute atomic E-state index is 12.4. The number of para-hydroxylation sites is 2. The normalized spacial score (nSPS) is 16.2. The lowest BCUT2D eigenvalue weighted by Crippen LogP contribution is -2.31. The number of nitrogens with two attached hydrogens (primary N) is 1. The van der Waals surface area contributed by atoms with Crippen LogP contribution >= 0.6 is 0 Å². The summed E-state index contributed by atoms with van der Waals surface area (Å²) < 4.78 is 9.48. The van der Waals surface area contributed by atoms with Crippen LogP contribution in [-0.4, -0.2) is 53.1 Å². The van der Waals surface area contributed by atoms with Crippen molar-refractivity contribution in [2.45, 2.75) is 77.6 Å². The molecule has 1 amide bonds. The van der Waals surface area contributed by atoms with Crippen molar-refractivity contribution < 1.29 is 33.8 Å². The van der Waals surface area contributed by atoms with Gasteiger partial charge in [-0.3, -0.25) is 9.59 Å². The van der Waals surface area contributed by atoms with E-state index < -0.39 is 11.9 Å². The number of H-pyrrole nitrogens is 1. The molecule has 43 heavy (non-hydrogen) atoms. The number of carboxylic acids is 1. The number of carboxylic acid groups (broad SMARTS) is 1. The number of nitrogens with one attached hydrogen (secondary N) is 2. The van der Waals surface area contributed by atoms with Crippen LogP contribution in [0.25, 0.3) is 11.0 Å². The molecule has 5 rings (SSSR count). The third-order valence-corrected chi connectivity index (χ3v) is 8.21. The van der Waals surface area contributed by atoms with E-state index in [0.29, 0.717) is 11.3 Å². The molecule has 2 saturated carbocycles. The van der Waals surface area contributed by atoms with E-state index in [2.05, 4.69) is 26.9 Å². The lowest BCUT2D eigenvalue weighted by molar-refractivity contribution is -0.134. The average Bonchev–Trinajstić information content (AvgIpc) is 3.74. The van der Waals surface area contributed by atoms with Gasteiger partial charge in [-0.25, -0.2) is 14.6 Å². The Morgan fingerprint density at radius 1 is 0.884 bits per heavy atom. The number of ether oxygens (including phenoxy) is 2. The molecule has 0 atom stereocenters. The first-order valence-corrected chi connectivity index (χ1v) is 14.4. The third kappa shape index (κ3) is 7.91. The van der Waals surface area contributed by atoms with Gasteiger partial charge in [-0.05, 0) is 49.9 Å². The summed E-state index contributed by atoms with van der Waals surface area (Å²) in [5, 5.41) is 10.3. The molecule has 1 heterocycles. The van der Waals surface area contributed by atoms with E-state index in [1.165, 1.54) is 27.1 Å². The van der Waals surface area contributed by atoms with Crippen LogP contribution in [0.5, 0.6) is 0 Å². The second-order valence-corrected chi connectivity index (χ2v) is 11.5. The van der Waals surface area contributed by atoms with Crippen molar-refractivity contribution in [1.82, 2.24) is 9.97 Å². The number of nitrogen functional groups attached to an aromatic ring is 1. The van der Waals surface area contributed by atoms with E-state index in [9.17, 15) is 14.4 Å². The van der Waals surface area contributed by atoms with Crippen molar-refractivity contribution in [3.05, 3.63) is 53.3 Å². The number of fused-ring (bicyclic) bond motifs is 1. The Labute approximate surface area is 251 Å². The van der Waals surface area contributed by atoms with E-state index in [4.69, 9.17) is 20.4 Å². The highest BCUT2D eigenvalue weighted by Gasteiger charge is 2.36. The monoisotopic (exact) mass is 594 g/mol. The predicted molar refractivity (Wildman–Crippen MR) is 164 cm³/mol. The highest BCUT2D eigenvalue weighted by atomic mass is 16.5. The molecule has 0 unspecified atom stereocenters. The molecule has 0 aliphatic heterocycles. The van der Waals surface area contributed by atoms with Crippen LogP contribution in [0.3, 0.4) is 0 Å². The number of rotatable bonds is 5. The van der Waals surface area contributed by atoms with Crippen LogP contribution in [0, 0.1) is 5.41 Å². The van der Waals surface area contributed by atoms with Gasteiger partial charge in [-0.15, -0.1) is 0 Å². The van der Waals surface area contributed by atoms with Crippen LogP contribution in [0.15, 0.2) is 36.4 Å². The number of aromatic amines is 1. The molecule has 0 spiro atoms. The van der Waals surface area contributed by atoms with Crippen LogP contribution < -0.4 is 11.1 Å². The average molecular weight is 595 g/mol. The van der Waals surface area contributed by atoms with Crippen molar-refractivity contribution >= 4 is 46.2 Å². The summed E-state index contributed by atoms with van der Waals surface area (Å²) in [4.78, 5) is 52.8. The van der Waals surface area contributed by atoms with Crippen LogP contribution in [0.2, 0.25) is 0 Å². The van der Waals surface area contributed by atoms with Gasteiger partial charge in [-0.1, -0.05) is 51.7 Å². The molecule has 11 heteroatoms. The first-order valence-electron chi connectivity index (χ1n) is 14.4. The minimum Gasteiger partial charge on any atom is -0.481 e. The lowest BCUT2D eigenvalue weighted by Gasteiger charge is -2.23. The van der Waals surface area contributed by atoms with E-state index in [-0.39, 0.29) is 34.0 Å². The summed E-state index contributed by atoms with van der Waals surface area (Å²) in [6.07, 6.45) is 8.71. The topological polar surface area (TPSA) is 174 Å². The van der Waals surface area contributed by atoms with Crippen molar-refractivity contribution in [1.29, 1.82) is 0 Å². The Morgan fingerprint density at radius 3 is 1.98 bits per heavy atom. The van der Waals surface area contributed by atoms with Crippen molar-refractivity contribution in [2.75, 3.05) is 25.3 Å². The van der Waals surface area contributed by atoms with Gasteiger partial charge in [0, 0.05) is 17.8 Å². The predicted octanol–water partition coefficient (Wildman–Crippen LogP) is 5.85. The number of imidazole rings is 1. The molecule has 5 N–H and O–H groups in total. The summed E-state index contributed by atoms with van der Waals surface area (Å²) in [6.45, 7) is 5.30. The number of esters is 2. The van der Waals surface area contributed by atoms with Crippen LogP contribution in [-0.2, 0) is 24.5 Å². The second kappa shape index (κ2) is 14.2. The molecule has 2 aliphatic carbocycles. The van der Waals surface area contributed by atoms with Crippen molar-refractivity contribution in [2.24, 2.45) is 5.41 Å². The number of carbonyl (C=O) groups excluding carboxylic acids is 3. The first kappa shape index (κ1) is 33.1. The van der Waals surface area contributed by atoms with Crippen LogP contribution in [0.1, 0.15) is 98.7 Å². The molecule has 1 aromatic heterocycles. The maximum atomic E-state index is 12.4. The lowest BCUT2D eigenvalue weighted by atomic mass is 9.87. The fourth-order valence-electron chi connectivity index (χ4n) is 5.60. The molecule has 11 nitrogen and oxygen atoms in total. The van der Waals surface area contributed by atoms with Gasteiger partial charge in [-0.2, -0.15) is 0 Å². The Hall–Kier alpha value is -4.41. The van der Waals surface area contributed by atoms with Gasteiger partial charge < -0.3 is 30.6 Å². The molecule has 0 saturated heterocycles. The SMILES string of the molecule is CC(=O)O.COC(=O)c1cccc(NC(=O)C2(C)CCCC2)c1N.COC(=O)c1cccc2[nH]c(C3(C)CCCC3)nc12. The summed E-state index contributed by atoms with van der Waals surface area (Å²) >= 11 is 0. The van der Waals surface area contributed by atoms with E-state index in [1.54, 1.807) is 24.3 Å². The highest BCUT2D eigenvalue weighted by Crippen LogP contribution is 2.40. The fraction of sp³-hybridized carbons (Fsp3) is 0.469. The number of hydrogen-bond donors (Lipinski definition) is 4. The fourth-order valence-corrected chi connectivity index (χ4v) is 5.60. The number of hydrogen-bond acceptors (Lipinski definition) is 8. The standard InChI is InChI=1S/C15H20N2O3.C15H18N2O2.C2H4O2/c1-15(8-3-4-9-15)14(19)17-11-7-5-6-10(12(11)16)13(18)20-2;1-15(8-3-4-9-15)14-16-11-7-5-6-10(12(11)17-14)13(18)19-2;1-2(3)4/h5-7H,3-4,8-9,16H2,1-2H3,(H,17,19);5-7H,3-4,8-9H2,1-2H3,(H,16,17);1H3,(H,3,4). The second-order valence-electron chi connectivity index (χ2n) is 11.5. The number of nitrogens with zero attached hydrogens (tertiary/aromatic N) is 1. The minimum atomic E-state index is -0.833. The van der Waals surface area contributed by atoms with E-state index in [1.807, 2.05) is 19.1 Å². The molecule has 3 aromatic rings. The van der Waals surface area contributed by atoms with Gasteiger partial charge >= 0.3 is 11.9 Å². The van der Waals surface area contributed by atoms with Crippen LogP contribution in [0.4, 0.5) is 11.4 Å². The molecule has 2 aliphatic rings. The number of amides is 1. The molecular weight excluding hydrogens is 552 g/mol. The molecule has 2 aromatic carbocycles. The number of anilines is 2. The number of benzene rings is 2. The molecule has 0 radical (unpaired) electrons. The summed E-state index contributed by atoms with van der Waals surface area (Å²) in [5.74, 6) is -0.717. The van der Waals surface area contributed by atoms with E-state index >= 15 is 0 Å². The number of methoxy groups -OCH3 is 2. The smallest absolute Gasteiger partial charge is 0.340 e. The zero-order valence-electron chi connectivity index (χ0n) is 25.5. The number of carbonyl (C=O) groups is 4. The van der Waals surface area contributed by atoms with Gasteiger partial charge in [0.2, 0.25) is 5.91 Å². The van der Waals surface area contributed by atoms with Gasteiger partial charge in [0.25, 0.3) is 5.97 Å². The van der Waals surface area contributed by atoms with Gasteiger partial charge in [0.1, 0.15) is 11.3 Å². The molecule has 0 bridgehead atoms. The molecular formula is C32H42N4O7. The highest BCUT2D eigenvalue weighted by molar-refractivity contribution is 6.03. The Kier molecular flexibility index (Phi) is 10.9. The summed E-state index contributed by atoms with van der Waals surface area (Å²) in [7, 11) is 2.69. The Bertz CT molecular complexity index is 1460. The van der Waals surface area contributed by atoms with Gasteiger partial charge in [0.05, 0.1) is 42.2 Å². The Balaban J connectivity index is 0.000000210. The van der Waals surface area contributed by atoms with Gasteiger partial charge in [0.15, 0.2) is 0 Å². The zero-order valence-corrected chi connectivity index (χ0v) is 25.5. The van der Waals surface area contributed by atoms with Crippen molar-refractivity contribution in [3.8, 4) is 0 Å². The van der Waals surface area contributed by atoms with E-state index in [0.717, 1.165) is 62.3 Å². The van der Waals surface area contributed by atoms with Crippen molar-refractivity contribution in [3.63, 3.8) is 0 Å². The maximum Gasteiger partial charge on any atom is 0.340 e. The first-order chi connectivity index (χ1) is 20.3. The largest absolute Gasteiger partial charge is 0.481 e. The third-order valence-electron chi connectivity index (χ3n) is 8.21. The Morgan fingerprint density at radius 2 is 1.40 bits per heavy atom. The number of aliphatic carboxylic acids is 1. The number of aromatic nitrogens is 2. The molecule has 2 fully saturated rings. The minimum absolute atomic E-state index is 0.0382. The molecule has 232 valence electrons. The quantitative estimate of drug-likeness (QED) is 0.209. The summed E-state index contributed by atoms with van der Waals surface area (Å²) in [6, 6.07) is 10.5. The summed E-state index contributed by atoms with van der Waals surface area (Å²) in [5.41, 5.74) is 8.85. The zero-order chi connectivity index (χ0) is 31.8.